The summed E-state index contributed by atoms with van der Waals surface area (Å²) in [6.45, 7) is 3.39. The fraction of sp³-hybridized carbons (Fsp3) is 0.259. The van der Waals surface area contributed by atoms with Gasteiger partial charge in [0.1, 0.15) is 34.9 Å². The molecule has 1 aromatic heterocycles. The van der Waals surface area contributed by atoms with Crippen LogP contribution >= 0.6 is 11.8 Å². The number of sulfonamides is 1. The highest BCUT2D eigenvalue weighted by molar-refractivity contribution is 8.01. The number of phenols is 1. The van der Waals surface area contributed by atoms with E-state index in [1.807, 2.05) is 0 Å². The van der Waals surface area contributed by atoms with Gasteiger partial charge in [-0.25, -0.2) is 28.1 Å². The first-order chi connectivity index (χ1) is 21.5. The highest BCUT2D eigenvalue weighted by atomic mass is 32.2. The Labute approximate surface area is 265 Å². The van der Waals surface area contributed by atoms with Crippen molar-refractivity contribution in [3.63, 3.8) is 0 Å². The monoisotopic (exact) mass is 672 g/mol. The number of benzene rings is 2. The number of hydrogen-bond donors (Lipinski definition) is 8. The lowest BCUT2D eigenvalue weighted by Gasteiger charge is -2.44. The molecule has 5 rings (SSSR count). The largest absolute Gasteiger partial charge is 0.508 e. The fourth-order valence-corrected chi connectivity index (χ4v) is 7.19. The van der Waals surface area contributed by atoms with Crippen LogP contribution in [0.3, 0.4) is 0 Å². The minimum absolute atomic E-state index is 0.0297. The molecule has 17 nitrogen and oxygen atoms in total. The van der Waals surface area contributed by atoms with E-state index in [1.165, 1.54) is 65.2 Å². The number of amides is 4. The van der Waals surface area contributed by atoms with Crippen LogP contribution in [0.25, 0.3) is 0 Å². The molecule has 2 aliphatic rings. The zero-order valence-electron chi connectivity index (χ0n) is 24.0. The number of urea groups is 1. The number of carboxylic acids is 1. The minimum atomic E-state index is -3.89. The first-order valence-corrected chi connectivity index (χ1v) is 15.9. The van der Waals surface area contributed by atoms with E-state index in [0.717, 1.165) is 6.20 Å². The van der Waals surface area contributed by atoms with Gasteiger partial charge in [0.2, 0.25) is 27.8 Å². The predicted molar refractivity (Wildman–Crippen MR) is 165 cm³/mol. The van der Waals surface area contributed by atoms with Gasteiger partial charge in [0.05, 0.1) is 11.1 Å². The number of thioether (sulfide) groups is 1. The van der Waals surface area contributed by atoms with Gasteiger partial charge < -0.3 is 36.4 Å². The maximum Gasteiger partial charge on any atom is 0.327 e. The van der Waals surface area contributed by atoms with Crippen molar-refractivity contribution in [2.45, 2.75) is 47.0 Å². The first-order valence-electron chi connectivity index (χ1n) is 13.4. The number of aromatic amines is 1. The third-order valence-corrected chi connectivity index (χ3v) is 9.73. The number of carboxylic acid groups (broad SMARTS) is 1. The molecule has 0 radical (unpaired) electrons. The smallest absolute Gasteiger partial charge is 0.327 e. The number of carbonyl (C=O) groups is 4. The van der Waals surface area contributed by atoms with Crippen LogP contribution in [-0.2, 0) is 24.4 Å². The number of β-lactam (4-membered cyclic amide) rings is 1. The second-order valence-electron chi connectivity index (χ2n) is 10.9. The van der Waals surface area contributed by atoms with Crippen molar-refractivity contribution in [2.75, 3.05) is 10.6 Å². The third kappa shape index (κ3) is 6.46. The van der Waals surface area contributed by atoms with Gasteiger partial charge in [0.15, 0.2) is 0 Å². The van der Waals surface area contributed by atoms with Gasteiger partial charge in [0.25, 0.3) is 5.56 Å². The minimum Gasteiger partial charge on any atom is -0.508 e. The molecule has 0 spiro atoms. The first kappa shape index (κ1) is 32.3. The van der Waals surface area contributed by atoms with Crippen LogP contribution in [0.2, 0.25) is 0 Å². The average Bonchev–Trinajstić information content (AvgIpc) is 3.24. The van der Waals surface area contributed by atoms with Crippen LogP contribution in [0.5, 0.6) is 5.75 Å². The third-order valence-electron chi connectivity index (χ3n) is 7.23. The van der Waals surface area contributed by atoms with Gasteiger partial charge in [0, 0.05) is 10.4 Å². The number of aliphatic carboxylic acids is 1. The molecule has 3 heterocycles. The lowest BCUT2D eigenvalue weighted by Crippen LogP contribution is -2.71. The topological polar surface area (TPSA) is 266 Å². The molecule has 9 N–H and O–H groups in total. The van der Waals surface area contributed by atoms with Gasteiger partial charge in [-0.15, -0.1) is 11.8 Å². The van der Waals surface area contributed by atoms with E-state index in [2.05, 4.69) is 31.2 Å². The van der Waals surface area contributed by atoms with E-state index >= 15 is 0 Å². The number of carbonyl (C=O) groups excluding carboxylic acids is 3. The maximum atomic E-state index is 13.5. The summed E-state index contributed by atoms with van der Waals surface area (Å²) in [5.74, 6) is -2.67. The Morgan fingerprint density at radius 3 is 2.33 bits per heavy atom. The number of nitrogens with zero attached hydrogens (tertiary/aromatic N) is 2. The van der Waals surface area contributed by atoms with Crippen molar-refractivity contribution < 1.29 is 37.8 Å². The molecule has 0 saturated carbocycles. The number of aromatic nitrogens is 2. The Hall–Kier alpha value is -5.14. The molecule has 3 aromatic rings. The van der Waals surface area contributed by atoms with Crippen molar-refractivity contribution >= 4 is 62.9 Å². The second-order valence-corrected chi connectivity index (χ2v) is 14.2. The molecule has 4 atom stereocenters. The molecule has 2 aliphatic heterocycles. The van der Waals surface area contributed by atoms with Gasteiger partial charge in [-0.1, -0.05) is 12.1 Å². The molecule has 0 aliphatic carbocycles. The summed E-state index contributed by atoms with van der Waals surface area (Å²) in [5, 5.41) is 33.9. The number of primary sulfonamides is 1. The van der Waals surface area contributed by atoms with Crippen molar-refractivity contribution in [1.29, 1.82) is 0 Å². The number of fused-ring (bicyclic) bond motifs is 1. The molecule has 2 fully saturated rings. The van der Waals surface area contributed by atoms with Crippen LogP contribution in [0.15, 0.2) is 64.4 Å². The number of nitrogens with one attached hydrogen (secondary N) is 5. The van der Waals surface area contributed by atoms with E-state index in [4.69, 9.17) is 5.14 Å². The molecule has 46 heavy (non-hydrogen) atoms. The molecule has 1 unspecified atom stereocenters. The summed E-state index contributed by atoms with van der Waals surface area (Å²) in [6.07, 6.45) is 1.05. The zero-order chi connectivity index (χ0) is 33.6. The highest BCUT2D eigenvalue weighted by Crippen LogP contribution is 2.50. The van der Waals surface area contributed by atoms with Crippen molar-refractivity contribution in [1.82, 2.24) is 25.5 Å². The van der Waals surface area contributed by atoms with Gasteiger partial charge in [-0.2, -0.15) is 0 Å². The molecule has 0 bridgehead atoms. The molecule has 2 saturated heterocycles. The lowest BCUT2D eigenvalue weighted by molar-refractivity contribution is -0.161. The standard InChI is InChI=1S/C27H28N8O9S2/c1-27(2)19(24(40)41)35-22(39)18(23(35)45-27)32-21(38)17(12-3-7-14(36)8-4-12)33-26(42)31-16-11-29-25(34-20(16)37)30-13-5-9-15(10-6-13)46(28,43)44/h3-11,17-19,23,36H,1-2H3,(H,32,38)(H,40,41)(H2,28,43,44)(H2,31,33,42)(H2,29,30,34,37)/t17?,18-,19-,23-/m0/s1. The van der Waals surface area contributed by atoms with Crippen LogP contribution in [0, 0.1) is 0 Å². The second kappa shape index (κ2) is 12.0. The maximum absolute atomic E-state index is 13.5. The summed E-state index contributed by atoms with van der Waals surface area (Å²) < 4.78 is 22.0. The number of H-pyrrole nitrogens is 1. The fourth-order valence-electron chi connectivity index (χ4n) is 5.05. The van der Waals surface area contributed by atoms with E-state index in [9.17, 15) is 42.6 Å². The molecule has 2 aromatic carbocycles. The number of nitrogens with two attached hydrogens (primary N) is 1. The predicted octanol–water partition coefficient (Wildman–Crippen LogP) is 0.361. The number of phenolic OH excluding ortho intramolecular Hbond substituents is 1. The highest BCUT2D eigenvalue weighted by Gasteiger charge is 2.64. The number of hydrogen-bond acceptors (Lipinski definition) is 11. The SMILES string of the molecule is CC1(C)S[C@H]2[C@@H](NC(=O)C(NC(=O)Nc3cnc(Nc4ccc(S(N)(=O)=O)cc4)[nH]c3=O)c3ccc(O)cc3)C(=O)N2[C@H]1C(=O)O. The Kier molecular flexibility index (Phi) is 8.41. The molecular formula is C27H28N8O9S2. The Balaban J connectivity index is 1.28. The van der Waals surface area contributed by atoms with E-state index in [0.29, 0.717) is 5.69 Å². The number of rotatable bonds is 9. The van der Waals surface area contributed by atoms with E-state index in [1.54, 1.807) is 13.8 Å². The summed E-state index contributed by atoms with van der Waals surface area (Å²) in [6, 6.07) is 6.16. The van der Waals surface area contributed by atoms with Gasteiger partial charge in [-0.3, -0.25) is 19.4 Å². The molecular weight excluding hydrogens is 644 g/mol. The molecule has 4 amide bonds. The van der Waals surface area contributed by atoms with E-state index < -0.39 is 67.6 Å². The Morgan fingerprint density at radius 2 is 1.74 bits per heavy atom. The zero-order valence-corrected chi connectivity index (χ0v) is 25.7. The summed E-state index contributed by atoms with van der Waals surface area (Å²) >= 11 is 1.23. The van der Waals surface area contributed by atoms with Crippen molar-refractivity contribution in [3.05, 3.63) is 70.6 Å². The summed E-state index contributed by atoms with van der Waals surface area (Å²) in [4.78, 5) is 71.4. The molecule has 242 valence electrons. The number of aromatic hydroxyl groups is 1. The van der Waals surface area contributed by atoms with Crippen LogP contribution in [0.1, 0.15) is 25.5 Å². The van der Waals surface area contributed by atoms with Crippen molar-refractivity contribution in [3.8, 4) is 5.75 Å². The number of anilines is 3. The summed E-state index contributed by atoms with van der Waals surface area (Å²) in [5.41, 5.74) is -0.445. The van der Waals surface area contributed by atoms with Crippen LogP contribution < -0.4 is 32.0 Å². The summed E-state index contributed by atoms with van der Waals surface area (Å²) in [7, 11) is -3.89. The quantitative estimate of drug-likeness (QED) is 0.143. The average molecular weight is 673 g/mol. The van der Waals surface area contributed by atoms with Crippen LogP contribution in [-0.4, -0.2) is 79.5 Å². The normalized spacial score (nSPS) is 20.5. The molecule has 19 heteroatoms. The van der Waals surface area contributed by atoms with Gasteiger partial charge >= 0.3 is 12.0 Å². The van der Waals surface area contributed by atoms with Crippen LogP contribution in [0.4, 0.5) is 22.1 Å². The Bertz CT molecular complexity index is 1880. The lowest BCUT2D eigenvalue weighted by atomic mass is 9.95. The Morgan fingerprint density at radius 1 is 1.09 bits per heavy atom. The van der Waals surface area contributed by atoms with Crippen molar-refractivity contribution in [2.24, 2.45) is 5.14 Å². The van der Waals surface area contributed by atoms with E-state index in [-0.39, 0.29) is 27.8 Å². The van der Waals surface area contributed by atoms with Gasteiger partial charge in [-0.05, 0) is 55.8 Å².